The summed E-state index contributed by atoms with van der Waals surface area (Å²) in [6.07, 6.45) is 9.76. The van der Waals surface area contributed by atoms with Crippen LogP contribution in [0.4, 0.5) is 11.4 Å². The van der Waals surface area contributed by atoms with Crippen molar-refractivity contribution >= 4 is 40.9 Å². The maximum Gasteiger partial charge on any atom is 0.255 e. The Morgan fingerprint density at radius 2 is 1.80 bits per heavy atom. The third kappa shape index (κ3) is 10.9. The van der Waals surface area contributed by atoms with Crippen molar-refractivity contribution in [3.8, 4) is 17.3 Å². The molecule has 5 amide bonds. The first kappa shape index (κ1) is 44.8. The average molecular weight is 894 g/mol. The van der Waals surface area contributed by atoms with Gasteiger partial charge >= 0.3 is 0 Å². The molecule has 5 heterocycles. The summed E-state index contributed by atoms with van der Waals surface area (Å²) in [5.74, 6) is 0.563. The lowest BCUT2D eigenvalue weighted by molar-refractivity contribution is -0.137. The minimum absolute atomic E-state index is 0.171. The number of anilines is 2. The molecule has 3 aromatic carbocycles. The van der Waals surface area contributed by atoms with Gasteiger partial charge in [0.25, 0.3) is 11.8 Å². The number of hydrogen-bond donors (Lipinski definition) is 4. The van der Waals surface area contributed by atoms with E-state index in [1.54, 1.807) is 41.2 Å². The third-order valence-electron chi connectivity index (χ3n) is 11.7. The summed E-state index contributed by atoms with van der Waals surface area (Å²) in [5.41, 5.74) is 5.24. The number of carbonyl (C=O) groups excluding carboxylic acids is 5. The van der Waals surface area contributed by atoms with Crippen LogP contribution >= 0.6 is 0 Å². The van der Waals surface area contributed by atoms with E-state index < -0.39 is 11.9 Å². The van der Waals surface area contributed by atoms with Gasteiger partial charge in [-0.1, -0.05) is 35.9 Å². The molecule has 6 aromatic rings. The fraction of sp³-hybridized carbons (Fsp3) is 0.340. The summed E-state index contributed by atoms with van der Waals surface area (Å²) in [6, 6.07) is 21.0. The molecule has 1 unspecified atom stereocenters. The van der Waals surface area contributed by atoms with Gasteiger partial charge < -0.3 is 30.2 Å². The van der Waals surface area contributed by atoms with Gasteiger partial charge in [0, 0.05) is 79.9 Å². The Morgan fingerprint density at radius 3 is 2.65 bits per heavy atom. The Kier molecular flexibility index (Phi) is 14.1. The third-order valence-corrected chi connectivity index (χ3v) is 11.7. The molecule has 340 valence electrons. The molecule has 0 bridgehead atoms. The molecule has 2 aliphatic rings. The van der Waals surface area contributed by atoms with Crippen LogP contribution in [-0.4, -0.2) is 86.8 Å². The summed E-state index contributed by atoms with van der Waals surface area (Å²) in [5, 5.41) is 28.7. The van der Waals surface area contributed by atoms with Crippen LogP contribution in [0.2, 0.25) is 0 Å². The van der Waals surface area contributed by atoms with Crippen molar-refractivity contribution < 1.29 is 28.7 Å². The highest BCUT2D eigenvalue weighted by Gasteiger charge is 2.40. The monoisotopic (exact) mass is 893 g/mol. The van der Waals surface area contributed by atoms with Gasteiger partial charge in [-0.3, -0.25) is 34.0 Å². The van der Waals surface area contributed by atoms with E-state index in [4.69, 9.17) is 4.74 Å². The van der Waals surface area contributed by atoms with Gasteiger partial charge in [-0.15, -0.1) is 15.3 Å². The number of fused-ring (bicyclic) bond motifs is 1. The zero-order valence-electron chi connectivity index (χ0n) is 36.8. The number of unbranched alkanes of at least 4 members (excludes halogenated alkanes) is 3. The molecule has 4 N–H and O–H groups in total. The number of rotatable bonds is 20. The largest absolute Gasteiger partial charge is 0.494 e. The predicted octanol–water partition coefficient (Wildman–Crippen LogP) is 4.94. The maximum absolute atomic E-state index is 13.3. The van der Waals surface area contributed by atoms with Crippen LogP contribution in [-0.2, 0) is 47.5 Å². The highest BCUT2D eigenvalue weighted by atomic mass is 16.5. The van der Waals surface area contributed by atoms with E-state index in [1.807, 2.05) is 67.2 Å². The molecule has 2 aliphatic heterocycles. The molecule has 0 saturated carbocycles. The van der Waals surface area contributed by atoms with Crippen molar-refractivity contribution in [2.45, 2.75) is 90.0 Å². The standard InChI is InChI=1S/C47H51N13O6/c1-30(51-45(63)32-11-7-12-33(24-32)49-26-41-55-56-44(58(41)2)39-20-21-48-29-50-39)31-10-8-13-35(25-31)66-23-6-4-3-5-22-59-27-34(54-57-59)16-18-42(61)52-38-15-9-14-36-37(38)28-60(47(36)65)40-17-19-43(62)53-46(40)64/h7-15,20-21,24-25,27,29-30,40,49H,3-6,16-19,22-23,26,28H2,1-2H3,(H,51,63)(H,52,61)(H,53,62,64)/t30-,40?/m1/s1. The zero-order valence-corrected chi connectivity index (χ0v) is 36.8. The summed E-state index contributed by atoms with van der Waals surface area (Å²) < 4.78 is 9.74. The van der Waals surface area contributed by atoms with Gasteiger partial charge in [0.05, 0.1) is 24.9 Å². The van der Waals surface area contributed by atoms with Gasteiger partial charge in [0.1, 0.15) is 23.8 Å². The van der Waals surface area contributed by atoms with E-state index in [9.17, 15) is 24.0 Å². The van der Waals surface area contributed by atoms with Crippen molar-refractivity contribution in [1.29, 1.82) is 0 Å². The molecular weight excluding hydrogens is 843 g/mol. The molecule has 66 heavy (non-hydrogen) atoms. The highest BCUT2D eigenvalue weighted by Crippen LogP contribution is 2.32. The molecular formula is C47H51N13O6. The van der Waals surface area contributed by atoms with Gasteiger partial charge in [-0.05, 0) is 86.7 Å². The Balaban J connectivity index is 0.711. The molecule has 0 aliphatic carbocycles. The summed E-state index contributed by atoms with van der Waals surface area (Å²) in [6.45, 7) is 3.79. The van der Waals surface area contributed by atoms with Crippen LogP contribution in [0.15, 0.2) is 91.5 Å². The number of aryl methyl sites for hydroxylation is 2. The molecule has 19 heteroatoms. The van der Waals surface area contributed by atoms with E-state index in [1.165, 1.54) is 11.2 Å². The number of benzene rings is 3. The Labute approximate surface area is 380 Å². The predicted molar refractivity (Wildman–Crippen MR) is 242 cm³/mol. The molecule has 8 rings (SSSR count). The molecule has 19 nitrogen and oxygen atoms in total. The highest BCUT2D eigenvalue weighted by molar-refractivity contribution is 6.06. The summed E-state index contributed by atoms with van der Waals surface area (Å²) >= 11 is 0. The Morgan fingerprint density at radius 1 is 0.955 bits per heavy atom. The van der Waals surface area contributed by atoms with Crippen molar-refractivity contribution in [2.75, 3.05) is 17.2 Å². The number of ether oxygens (including phenoxy) is 1. The number of piperidine rings is 1. The van der Waals surface area contributed by atoms with Gasteiger partial charge in [-0.2, -0.15) is 0 Å². The zero-order chi connectivity index (χ0) is 46.0. The average Bonchev–Trinajstić information content (AvgIpc) is 4.04. The van der Waals surface area contributed by atoms with Crippen LogP contribution in [0.25, 0.3) is 11.5 Å². The van der Waals surface area contributed by atoms with E-state index in [-0.39, 0.29) is 55.5 Å². The minimum Gasteiger partial charge on any atom is -0.494 e. The lowest BCUT2D eigenvalue weighted by Crippen LogP contribution is -2.52. The van der Waals surface area contributed by atoms with Gasteiger partial charge in [-0.25, -0.2) is 9.97 Å². The number of amides is 5. The maximum atomic E-state index is 13.3. The van der Waals surface area contributed by atoms with Crippen LogP contribution in [0.1, 0.15) is 101 Å². The van der Waals surface area contributed by atoms with Crippen LogP contribution in [0.3, 0.4) is 0 Å². The minimum atomic E-state index is -0.728. The van der Waals surface area contributed by atoms with Crippen molar-refractivity contribution in [3.63, 3.8) is 0 Å². The lowest BCUT2D eigenvalue weighted by atomic mass is 10.0. The number of aromatic nitrogens is 8. The van der Waals surface area contributed by atoms with Gasteiger partial charge in [0.2, 0.25) is 17.7 Å². The molecule has 0 spiro atoms. The second-order valence-corrected chi connectivity index (χ2v) is 16.3. The van der Waals surface area contributed by atoms with Crippen molar-refractivity contribution in [3.05, 3.63) is 125 Å². The van der Waals surface area contributed by atoms with Crippen LogP contribution in [0, 0.1) is 0 Å². The second kappa shape index (κ2) is 20.8. The smallest absolute Gasteiger partial charge is 0.255 e. The first-order valence-electron chi connectivity index (χ1n) is 22.1. The summed E-state index contributed by atoms with van der Waals surface area (Å²) in [4.78, 5) is 73.1. The first-order chi connectivity index (χ1) is 32.1. The normalized spacial score (nSPS) is 15.0. The number of nitrogens with zero attached hydrogens (tertiary/aromatic N) is 9. The fourth-order valence-corrected chi connectivity index (χ4v) is 7.99. The molecule has 1 fully saturated rings. The number of hydrogen-bond acceptors (Lipinski definition) is 13. The molecule has 3 aromatic heterocycles. The van der Waals surface area contributed by atoms with E-state index >= 15 is 0 Å². The second-order valence-electron chi connectivity index (χ2n) is 16.3. The van der Waals surface area contributed by atoms with Crippen molar-refractivity contribution in [2.24, 2.45) is 7.05 Å². The van der Waals surface area contributed by atoms with E-state index in [0.29, 0.717) is 71.5 Å². The molecule has 0 radical (unpaired) electrons. The number of carbonyl (C=O) groups is 5. The Hall–Kier alpha value is -7.83. The van der Waals surface area contributed by atoms with Crippen molar-refractivity contribution in [1.82, 2.24) is 55.3 Å². The molecule has 1 saturated heterocycles. The van der Waals surface area contributed by atoms with E-state index in [0.717, 1.165) is 42.7 Å². The number of nitrogens with one attached hydrogen (secondary N) is 4. The Bertz CT molecular complexity index is 2720. The van der Waals surface area contributed by atoms with Crippen LogP contribution in [0.5, 0.6) is 5.75 Å². The SMILES string of the molecule is C[C@@H](NC(=O)c1cccc(NCc2nnc(-c3ccncn3)n2C)c1)c1cccc(OCCCCCCn2cc(CCC(=O)Nc3cccc4c3CN(C3CCC(=O)NC3=O)C4=O)nn2)c1. The fourth-order valence-electron chi connectivity index (χ4n) is 7.99. The lowest BCUT2D eigenvalue weighted by Gasteiger charge is -2.29. The quantitative estimate of drug-likeness (QED) is 0.0589. The summed E-state index contributed by atoms with van der Waals surface area (Å²) in [7, 11) is 1.88. The molecule has 2 atom stereocenters. The first-order valence-corrected chi connectivity index (χ1v) is 22.1. The number of imide groups is 1. The topological polar surface area (TPSA) is 233 Å². The van der Waals surface area contributed by atoms with E-state index in [2.05, 4.69) is 51.7 Å². The van der Waals surface area contributed by atoms with Crippen LogP contribution < -0.4 is 26.0 Å². The van der Waals surface area contributed by atoms with Gasteiger partial charge in [0.15, 0.2) is 11.6 Å².